The Morgan fingerprint density at radius 1 is 1.48 bits per heavy atom. The SMILES string of the molecule is Cc1nc(C(=O)N2CCCCC2CC(=O)O)ccc1C#N. The molecule has 110 valence electrons. The van der Waals surface area contributed by atoms with Crippen molar-refractivity contribution in [2.75, 3.05) is 6.54 Å². The number of amides is 1. The third-order valence-electron chi connectivity index (χ3n) is 3.72. The molecule has 1 aliphatic heterocycles. The van der Waals surface area contributed by atoms with Gasteiger partial charge in [-0.3, -0.25) is 9.59 Å². The van der Waals surface area contributed by atoms with Crippen molar-refractivity contribution in [1.29, 1.82) is 5.26 Å². The van der Waals surface area contributed by atoms with Gasteiger partial charge in [-0.15, -0.1) is 0 Å². The van der Waals surface area contributed by atoms with Crippen molar-refractivity contribution in [3.05, 3.63) is 29.1 Å². The van der Waals surface area contributed by atoms with Gasteiger partial charge in [-0.25, -0.2) is 4.98 Å². The maximum Gasteiger partial charge on any atom is 0.305 e. The van der Waals surface area contributed by atoms with Gasteiger partial charge in [0.2, 0.25) is 0 Å². The molecular formula is C15H17N3O3. The van der Waals surface area contributed by atoms with Crippen molar-refractivity contribution in [2.24, 2.45) is 0 Å². The molecule has 0 aromatic carbocycles. The van der Waals surface area contributed by atoms with E-state index < -0.39 is 5.97 Å². The number of aromatic nitrogens is 1. The average molecular weight is 287 g/mol. The molecule has 0 bridgehead atoms. The van der Waals surface area contributed by atoms with Crippen LogP contribution < -0.4 is 0 Å². The molecule has 6 nitrogen and oxygen atoms in total. The normalized spacial score (nSPS) is 18.1. The molecule has 1 fully saturated rings. The number of aliphatic carboxylic acids is 1. The summed E-state index contributed by atoms with van der Waals surface area (Å²) in [6, 6.07) is 4.84. The van der Waals surface area contributed by atoms with Gasteiger partial charge in [0.1, 0.15) is 11.8 Å². The van der Waals surface area contributed by atoms with E-state index in [4.69, 9.17) is 10.4 Å². The highest BCUT2D eigenvalue weighted by molar-refractivity contribution is 5.93. The number of pyridine rings is 1. The van der Waals surface area contributed by atoms with Gasteiger partial charge < -0.3 is 10.0 Å². The van der Waals surface area contributed by atoms with Gasteiger partial charge in [0.15, 0.2) is 0 Å². The van der Waals surface area contributed by atoms with E-state index in [0.717, 1.165) is 12.8 Å². The predicted molar refractivity (Wildman–Crippen MR) is 74.6 cm³/mol. The van der Waals surface area contributed by atoms with Crippen molar-refractivity contribution in [3.63, 3.8) is 0 Å². The Morgan fingerprint density at radius 2 is 2.24 bits per heavy atom. The summed E-state index contributed by atoms with van der Waals surface area (Å²) in [4.78, 5) is 29.2. The maximum absolute atomic E-state index is 12.5. The number of nitriles is 1. The summed E-state index contributed by atoms with van der Waals surface area (Å²) in [5.41, 5.74) is 1.21. The number of carbonyl (C=O) groups excluding carboxylic acids is 1. The number of hydrogen-bond acceptors (Lipinski definition) is 4. The predicted octanol–water partition coefficient (Wildman–Crippen LogP) is 1.73. The first-order chi connectivity index (χ1) is 10.0. The van der Waals surface area contributed by atoms with E-state index in [1.54, 1.807) is 17.9 Å². The van der Waals surface area contributed by atoms with Crippen LogP contribution >= 0.6 is 0 Å². The number of aryl methyl sites for hydroxylation is 1. The molecular weight excluding hydrogens is 270 g/mol. The molecule has 6 heteroatoms. The molecule has 1 amide bonds. The Kier molecular flexibility index (Phi) is 4.53. The van der Waals surface area contributed by atoms with Gasteiger partial charge in [-0.05, 0) is 38.3 Å². The van der Waals surface area contributed by atoms with Crippen LogP contribution in [0.25, 0.3) is 0 Å². The Bertz CT molecular complexity index is 607. The van der Waals surface area contributed by atoms with Gasteiger partial charge in [0, 0.05) is 12.6 Å². The van der Waals surface area contributed by atoms with Crippen LogP contribution in [-0.4, -0.2) is 39.5 Å². The fraction of sp³-hybridized carbons (Fsp3) is 0.467. The molecule has 0 aliphatic carbocycles. The third-order valence-corrected chi connectivity index (χ3v) is 3.72. The molecule has 0 spiro atoms. The van der Waals surface area contributed by atoms with Crippen molar-refractivity contribution in [3.8, 4) is 6.07 Å². The van der Waals surface area contributed by atoms with Crippen LogP contribution in [0.3, 0.4) is 0 Å². The number of nitrogens with zero attached hydrogens (tertiary/aromatic N) is 3. The molecule has 21 heavy (non-hydrogen) atoms. The van der Waals surface area contributed by atoms with E-state index in [1.807, 2.05) is 6.07 Å². The zero-order chi connectivity index (χ0) is 15.4. The number of carbonyl (C=O) groups is 2. The van der Waals surface area contributed by atoms with Gasteiger partial charge in [0.25, 0.3) is 5.91 Å². The lowest BCUT2D eigenvalue weighted by atomic mass is 9.99. The fourth-order valence-corrected chi connectivity index (χ4v) is 2.63. The standard InChI is InChI=1S/C15H17N3O3/c1-10-11(9-16)5-6-13(17-10)15(21)18-7-3-2-4-12(18)8-14(19)20/h5-6,12H,2-4,7-8H2,1H3,(H,19,20). The first kappa shape index (κ1) is 15.0. The first-order valence-electron chi connectivity index (χ1n) is 6.93. The quantitative estimate of drug-likeness (QED) is 0.913. The summed E-state index contributed by atoms with van der Waals surface area (Å²) in [6.07, 6.45) is 2.47. The van der Waals surface area contributed by atoms with Crippen molar-refractivity contribution in [1.82, 2.24) is 9.88 Å². The van der Waals surface area contributed by atoms with Crippen LogP contribution in [0.4, 0.5) is 0 Å². The molecule has 1 unspecified atom stereocenters. The summed E-state index contributed by atoms with van der Waals surface area (Å²) >= 11 is 0. The number of hydrogen-bond donors (Lipinski definition) is 1. The van der Waals surface area contributed by atoms with E-state index in [0.29, 0.717) is 24.2 Å². The molecule has 1 aromatic rings. The molecule has 1 atom stereocenters. The first-order valence-corrected chi connectivity index (χ1v) is 6.93. The number of likely N-dealkylation sites (tertiary alicyclic amines) is 1. The second kappa shape index (κ2) is 6.35. The van der Waals surface area contributed by atoms with Gasteiger partial charge >= 0.3 is 5.97 Å². The summed E-state index contributed by atoms with van der Waals surface area (Å²) in [7, 11) is 0. The highest BCUT2D eigenvalue weighted by Crippen LogP contribution is 2.22. The molecule has 1 aliphatic rings. The molecule has 0 radical (unpaired) electrons. The summed E-state index contributed by atoms with van der Waals surface area (Å²) < 4.78 is 0. The number of rotatable bonds is 3. The van der Waals surface area contributed by atoms with E-state index in [9.17, 15) is 9.59 Å². The summed E-state index contributed by atoms with van der Waals surface area (Å²) in [6.45, 7) is 2.23. The maximum atomic E-state index is 12.5. The Labute approximate surface area is 123 Å². The highest BCUT2D eigenvalue weighted by atomic mass is 16.4. The summed E-state index contributed by atoms with van der Waals surface area (Å²) in [5.74, 6) is -1.16. The molecule has 1 N–H and O–H groups in total. The van der Waals surface area contributed by atoms with Crippen LogP contribution in [0.5, 0.6) is 0 Å². The lowest BCUT2D eigenvalue weighted by Crippen LogP contribution is -2.45. The number of carboxylic acids is 1. The topological polar surface area (TPSA) is 94.3 Å². The van der Waals surface area contributed by atoms with Crippen LogP contribution in [0.15, 0.2) is 12.1 Å². The molecule has 1 aromatic heterocycles. The lowest BCUT2D eigenvalue weighted by molar-refractivity contribution is -0.138. The van der Waals surface area contributed by atoms with Gasteiger partial charge in [-0.1, -0.05) is 0 Å². The largest absolute Gasteiger partial charge is 0.481 e. The van der Waals surface area contributed by atoms with E-state index in [1.165, 1.54) is 6.07 Å². The Hall–Kier alpha value is -2.42. The molecule has 2 rings (SSSR count). The van der Waals surface area contributed by atoms with E-state index >= 15 is 0 Å². The van der Waals surface area contributed by atoms with Crippen molar-refractivity contribution in [2.45, 2.75) is 38.6 Å². The molecule has 2 heterocycles. The second-order valence-electron chi connectivity index (χ2n) is 5.19. The smallest absolute Gasteiger partial charge is 0.305 e. The van der Waals surface area contributed by atoms with Crippen LogP contribution in [0.1, 0.15) is 47.4 Å². The Morgan fingerprint density at radius 3 is 2.86 bits per heavy atom. The van der Waals surface area contributed by atoms with E-state index in [2.05, 4.69) is 4.98 Å². The fourth-order valence-electron chi connectivity index (χ4n) is 2.63. The minimum absolute atomic E-state index is 0.0407. The minimum Gasteiger partial charge on any atom is -0.481 e. The highest BCUT2D eigenvalue weighted by Gasteiger charge is 2.29. The second-order valence-corrected chi connectivity index (χ2v) is 5.19. The van der Waals surface area contributed by atoms with Gasteiger partial charge in [-0.2, -0.15) is 5.26 Å². The molecule has 1 saturated heterocycles. The zero-order valence-electron chi connectivity index (χ0n) is 11.9. The lowest BCUT2D eigenvalue weighted by Gasteiger charge is -2.34. The monoisotopic (exact) mass is 287 g/mol. The van der Waals surface area contributed by atoms with E-state index in [-0.39, 0.29) is 24.1 Å². The molecule has 0 saturated carbocycles. The van der Waals surface area contributed by atoms with Crippen molar-refractivity contribution >= 4 is 11.9 Å². The zero-order valence-corrected chi connectivity index (χ0v) is 11.9. The van der Waals surface area contributed by atoms with Crippen LogP contribution in [0, 0.1) is 18.3 Å². The van der Waals surface area contributed by atoms with Crippen LogP contribution in [0.2, 0.25) is 0 Å². The minimum atomic E-state index is -0.899. The van der Waals surface area contributed by atoms with Crippen molar-refractivity contribution < 1.29 is 14.7 Å². The third kappa shape index (κ3) is 3.37. The number of piperidine rings is 1. The van der Waals surface area contributed by atoms with Crippen LogP contribution in [-0.2, 0) is 4.79 Å². The summed E-state index contributed by atoms with van der Waals surface area (Å²) in [5, 5.41) is 17.8. The van der Waals surface area contributed by atoms with Gasteiger partial charge in [0.05, 0.1) is 17.7 Å². The Balaban J connectivity index is 2.22. The average Bonchev–Trinajstić information content (AvgIpc) is 2.46. The number of carboxylic acid groups (broad SMARTS) is 1.